The summed E-state index contributed by atoms with van der Waals surface area (Å²) in [5, 5.41) is 1.64. The molecule has 2 unspecified atom stereocenters. The normalized spacial score (nSPS) is 19.4. The first-order valence-electron chi connectivity index (χ1n) is 18.4. The molecule has 50 heavy (non-hydrogen) atoms. The Morgan fingerprint density at radius 1 is 0.600 bits per heavy atom. The van der Waals surface area contributed by atoms with E-state index in [1.165, 1.54) is 80.6 Å². The number of benzene rings is 4. The molecule has 1 saturated heterocycles. The second-order valence-electron chi connectivity index (χ2n) is 14.8. The number of allylic oxidation sites excluding steroid dienone is 2. The zero-order valence-electron chi connectivity index (χ0n) is 29.1. The highest BCUT2D eigenvalue weighted by atomic mass is 28.3. The lowest BCUT2D eigenvalue weighted by molar-refractivity contribution is 0.510. The van der Waals surface area contributed by atoms with E-state index in [0.717, 1.165) is 35.9 Å². The van der Waals surface area contributed by atoms with Crippen LogP contribution >= 0.6 is 0 Å². The topological polar surface area (TPSA) is 26.3 Å². The molecule has 0 saturated carbocycles. The maximum Gasteiger partial charge on any atom is 0.130 e. The predicted molar refractivity (Wildman–Crippen MR) is 208 cm³/mol. The number of furan rings is 2. The molecule has 4 aliphatic rings. The van der Waals surface area contributed by atoms with Crippen LogP contribution in [0.25, 0.3) is 44.7 Å². The SMILES string of the molecule is Cc1ccc(C2=Cc3c(ccc(C)c3-c3ccccc3)C2C2C(c3ccc(C)o3)=C([Si]3CCC3)c3c2cc2c(c3-c3ccccc3)CCC2)o1. The molecule has 2 aromatic heterocycles. The van der Waals surface area contributed by atoms with Gasteiger partial charge in [-0.25, -0.2) is 0 Å². The molecular formula is C47H41O2Si. The van der Waals surface area contributed by atoms with Crippen molar-refractivity contribution >= 4 is 31.2 Å². The van der Waals surface area contributed by atoms with Crippen molar-refractivity contribution in [1.82, 2.24) is 0 Å². The maximum absolute atomic E-state index is 6.74. The summed E-state index contributed by atoms with van der Waals surface area (Å²) in [7, 11) is -0.766. The number of hydrogen-bond acceptors (Lipinski definition) is 2. The molecule has 10 rings (SSSR count). The summed E-state index contributed by atoms with van der Waals surface area (Å²) in [6.45, 7) is 6.42. The van der Waals surface area contributed by atoms with E-state index in [2.05, 4.69) is 130 Å². The molecule has 4 aromatic carbocycles. The molecule has 1 fully saturated rings. The van der Waals surface area contributed by atoms with Crippen molar-refractivity contribution in [1.29, 1.82) is 0 Å². The fourth-order valence-corrected chi connectivity index (χ4v) is 12.1. The number of rotatable bonds is 6. The zero-order valence-corrected chi connectivity index (χ0v) is 30.1. The number of hydrogen-bond donors (Lipinski definition) is 0. The van der Waals surface area contributed by atoms with Gasteiger partial charge in [0.25, 0.3) is 0 Å². The van der Waals surface area contributed by atoms with Crippen LogP contribution in [0, 0.1) is 20.8 Å². The Morgan fingerprint density at radius 2 is 1.28 bits per heavy atom. The van der Waals surface area contributed by atoms with Gasteiger partial charge in [0.2, 0.25) is 0 Å². The first-order chi connectivity index (χ1) is 24.5. The van der Waals surface area contributed by atoms with Gasteiger partial charge in [0.05, 0.1) is 8.80 Å². The third-order valence-corrected chi connectivity index (χ3v) is 15.0. The van der Waals surface area contributed by atoms with E-state index >= 15 is 0 Å². The number of fused-ring (bicyclic) bond motifs is 3. The van der Waals surface area contributed by atoms with Crippen molar-refractivity contribution in [3.05, 3.63) is 165 Å². The first kappa shape index (κ1) is 30.0. The molecule has 0 amide bonds. The highest BCUT2D eigenvalue weighted by Crippen LogP contribution is 2.64. The molecule has 3 heterocycles. The molecule has 0 bridgehead atoms. The van der Waals surface area contributed by atoms with Crippen molar-refractivity contribution < 1.29 is 8.83 Å². The molecule has 1 radical (unpaired) electrons. The second kappa shape index (κ2) is 11.6. The maximum atomic E-state index is 6.74. The average molecular weight is 666 g/mol. The Balaban J connectivity index is 1.31. The van der Waals surface area contributed by atoms with Gasteiger partial charge in [-0.15, -0.1) is 0 Å². The number of aryl methyl sites for hydroxylation is 4. The molecule has 0 spiro atoms. The van der Waals surface area contributed by atoms with Crippen molar-refractivity contribution in [2.75, 3.05) is 0 Å². The quantitative estimate of drug-likeness (QED) is 0.166. The van der Waals surface area contributed by atoms with Crippen LogP contribution in [-0.2, 0) is 12.8 Å². The van der Waals surface area contributed by atoms with E-state index in [0.29, 0.717) is 0 Å². The van der Waals surface area contributed by atoms with E-state index in [4.69, 9.17) is 8.83 Å². The van der Waals surface area contributed by atoms with Crippen LogP contribution < -0.4 is 0 Å². The van der Waals surface area contributed by atoms with Gasteiger partial charge in [-0.2, -0.15) is 0 Å². The van der Waals surface area contributed by atoms with Crippen LogP contribution in [0.2, 0.25) is 12.1 Å². The standard InChI is InChI=1S/C47H41O2Si/c1-28-18-21-35-36(41(28)31-12-6-4-7-13-31)27-37(39-22-19-29(2)48-39)43(35)44-38-26-33-16-10-17-34(33)42(32-14-8-5-9-15-32)45(38)47(50-24-11-25-50)46(44)40-23-20-30(3)49-40/h4-9,12-15,18-23,26-27,43-44H,10-11,16-17,24-25H2,1-3H3. The first-order valence-corrected chi connectivity index (χ1v) is 20.3. The van der Waals surface area contributed by atoms with E-state index in [1.54, 1.807) is 21.9 Å². The van der Waals surface area contributed by atoms with Gasteiger partial charge in [-0.05, 0) is 137 Å². The highest BCUT2D eigenvalue weighted by molar-refractivity contribution is 6.83. The average Bonchev–Trinajstić information content (AvgIpc) is 3.95. The molecule has 2 atom stereocenters. The molecule has 3 heteroatoms. The van der Waals surface area contributed by atoms with Gasteiger partial charge in [-0.3, -0.25) is 0 Å². The van der Waals surface area contributed by atoms with Crippen molar-refractivity contribution in [2.24, 2.45) is 0 Å². The van der Waals surface area contributed by atoms with Crippen LogP contribution in [0.5, 0.6) is 0 Å². The summed E-state index contributed by atoms with van der Waals surface area (Å²) >= 11 is 0. The van der Waals surface area contributed by atoms with E-state index < -0.39 is 8.80 Å². The lowest BCUT2D eigenvalue weighted by Gasteiger charge is -2.29. The molecule has 245 valence electrons. The van der Waals surface area contributed by atoms with Gasteiger partial charge in [-0.1, -0.05) is 97.4 Å². The van der Waals surface area contributed by atoms with Crippen LogP contribution in [0.15, 0.2) is 112 Å². The summed E-state index contributed by atoms with van der Waals surface area (Å²) < 4.78 is 13.3. The summed E-state index contributed by atoms with van der Waals surface area (Å²) in [4.78, 5) is 0. The molecule has 6 aromatic rings. The summed E-state index contributed by atoms with van der Waals surface area (Å²) in [6.07, 6.45) is 7.34. The Hall–Kier alpha value is -4.86. The molecule has 0 N–H and O–H groups in total. The third-order valence-electron chi connectivity index (χ3n) is 11.9. The lowest BCUT2D eigenvalue weighted by Crippen LogP contribution is -2.24. The van der Waals surface area contributed by atoms with Crippen LogP contribution in [0.3, 0.4) is 0 Å². The molecular weight excluding hydrogens is 625 g/mol. The van der Waals surface area contributed by atoms with Gasteiger partial charge in [0.1, 0.15) is 23.0 Å². The second-order valence-corrected chi connectivity index (χ2v) is 17.5. The largest absolute Gasteiger partial charge is 0.462 e. The van der Waals surface area contributed by atoms with E-state index in [1.807, 2.05) is 0 Å². The minimum absolute atomic E-state index is 0.0843. The van der Waals surface area contributed by atoms with Gasteiger partial charge >= 0.3 is 0 Å². The third kappa shape index (κ3) is 4.52. The Kier molecular flexibility index (Phi) is 6.96. The minimum Gasteiger partial charge on any atom is -0.462 e. The Bertz CT molecular complexity index is 2360. The lowest BCUT2D eigenvalue weighted by atomic mass is 9.74. The predicted octanol–water partition coefficient (Wildman–Crippen LogP) is 12.4. The van der Waals surface area contributed by atoms with Gasteiger partial charge in [0, 0.05) is 23.0 Å². The summed E-state index contributed by atoms with van der Waals surface area (Å²) in [5.74, 6) is 4.16. The van der Waals surface area contributed by atoms with Crippen molar-refractivity contribution in [2.45, 2.75) is 70.4 Å². The summed E-state index contributed by atoms with van der Waals surface area (Å²) in [5.41, 5.74) is 18.4. The smallest absolute Gasteiger partial charge is 0.130 e. The fraction of sp³-hybridized carbons (Fsp3) is 0.234. The molecule has 1 aliphatic heterocycles. The Morgan fingerprint density at radius 3 is 1.92 bits per heavy atom. The molecule has 2 nitrogen and oxygen atoms in total. The van der Waals surface area contributed by atoms with E-state index in [-0.39, 0.29) is 11.8 Å². The highest BCUT2D eigenvalue weighted by Gasteiger charge is 2.48. The Labute approximate surface area is 296 Å². The summed E-state index contributed by atoms with van der Waals surface area (Å²) in [6, 6.07) is 41.1. The van der Waals surface area contributed by atoms with Gasteiger partial charge in [0.15, 0.2) is 0 Å². The van der Waals surface area contributed by atoms with Crippen LogP contribution in [0.4, 0.5) is 0 Å². The van der Waals surface area contributed by atoms with Crippen LogP contribution in [0.1, 0.15) is 86.7 Å². The molecule has 3 aliphatic carbocycles. The fourth-order valence-electron chi connectivity index (χ4n) is 9.57. The van der Waals surface area contributed by atoms with Crippen molar-refractivity contribution in [3.8, 4) is 22.3 Å². The van der Waals surface area contributed by atoms with E-state index in [9.17, 15) is 0 Å². The zero-order chi connectivity index (χ0) is 33.5. The van der Waals surface area contributed by atoms with Crippen LogP contribution in [-0.4, -0.2) is 8.80 Å². The monoisotopic (exact) mass is 665 g/mol. The van der Waals surface area contributed by atoms with Crippen molar-refractivity contribution in [3.63, 3.8) is 0 Å². The minimum atomic E-state index is -0.766. The van der Waals surface area contributed by atoms with Gasteiger partial charge < -0.3 is 8.83 Å².